The second-order valence-electron chi connectivity index (χ2n) is 6.93. The van der Waals surface area contributed by atoms with Crippen molar-refractivity contribution in [1.82, 2.24) is 0 Å². The molecule has 0 bridgehead atoms. The van der Waals surface area contributed by atoms with Crippen molar-refractivity contribution < 1.29 is 9.53 Å². The quantitative estimate of drug-likeness (QED) is 0.628. The molecule has 0 aliphatic carbocycles. The molecule has 0 saturated carbocycles. The van der Waals surface area contributed by atoms with Gasteiger partial charge in [0.05, 0.1) is 12.2 Å². The number of rotatable bonds is 4. The van der Waals surface area contributed by atoms with E-state index in [4.69, 9.17) is 4.74 Å². The number of carbonyl (C=O) groups is 1. The molecule has 3 nitrogen and oxygen atoms in total. The maximum Gasteiger partial charge on any atom is 0.268 e. The molecule has 4 rings (SSSR count). The minimum atomic E-state index is -0.428. The van der Waals surface area contributed by atoms with Crippen molar-refractivity contribution in [2.24, 2.45) is 0 Å². The van der Waals surface area contributed by atoms with Crippen LogP contribution >= 0.6 is 0 Å². The third-order valence-electron chi connectivity index (χ3n) is 5.02. The fourth-order valence-electron chi connectivity index (χ4n) is 3.58. The summed E-state index contributed by atoms with van der Waals surface area (Å²) in [5.74, 6) is 0.815. The third-order valence-corrected chi connectivity index (χ3v) is 5.02. The maximum absolute atomic E-state index is 13.1. The molecule has 1 atom stereocenters. The number of benzene rings is 3. The van der Waals surface area contributed by atoms with Crippen LogP contribution in [0.25, 0.3) is 11.1 Å². The Labute approximate surface area is 160 Å². The van der Waals surface area contributed by atoms with Crippen molar-refractivity contribution >= 4 is 11.6 Å². The fraction of sp³-hybridized carbons (Fsp3) is 0.208. The van der Waals surface area contributed by atoms with Crippen LogP contribution in [0, 0.1) is 6.92 Å². The largest absolute Gasteiger partial charge is 0.478 e. The molecule has 0 fully saturated rings. The molecule has 27 heavy (non-hydrogen) atoms. The van der Waals surface area contributed by atoms with Gasteiger partial charge < -0.3 is 9.64 Å². The monoisotopic (exact) mass is 357 g/mol. The van der Waals surface area contributed by atoms with Crippen LogP contribution in [0.1, 0.15) is 24.5 Å². The molecule has 136 valence electrons. The lowest BCUT2D eigenvalue weighted by Crippen LogP contribution is -2.45. The Kier molecular flexibility index (Phi) is 4.68. The smallest absolute Gasteiger partial charge is 0.268 e. The van der Waals surface area contributed by atoms with E-state index in [0.717, 1.165) is 33.7 Å². The van der Waals surface area contributed by atoms with Crippen LogP contribution in [-0.4, -0.2) is 12.0 Å². The van der Waals surface area contributed by atoms with Crippen molar-refractivity contribution in [3.8, 4) is 16.9 Å². The van der Waals surface area contributed by atoms with E-state index in [0.29, 0.717) is 13.0 Å². The summed E-state index contributed by atoms with van der Waals surface area (Å²) in [6.07, 6.45) is 0.228. The Balaban J connectivity index is 1.76. The average molecular weight is 357 g/mol. The highest BCUT2D eigenvalue weighted by atomic mass is 16.5. The van der Waals surface area contributed by atoms with Gasteiger partial charge in [0.2, 0.25) is 0 Å². The predicted molar refractivity (Wildman–Crippen MR) is 109 cm³/mol. The van der Waals surface area contributed by atoms with E-state index in [1.807, 2.05) is 67.3 Å². The van der Waals surface area contributed by atoms with E-state index < -0.39 is 6.10 Å². The van der Waals surface area contributed by atoms with Crippen LogP contribution in [0.4, 0.5) is 5.69 Å². The zero-order chi connectivity index (χ0) is 18.8. The second-order valence-corrected chi connectivity index (χ2v) is 6.93. The number of carbonyl (C=O) groups excluding carboxylic acids is 1. The maximum atomic E-state index is 13.1. The van der Waals surface area contributed by atoms with Gasteiger partial charge in [-0.15, -0.1) is 0 Å². The summed E-state index contributed by atoms with van der Waals surface area (Å²) in [5.41, 5.74) is 5.41. The van der Waals surface area contributed by atoms with Crippen molar-refractivity contribution in [2.75, 3.05) is 4.90 Å². The molecular weight excluding hydrogens is 334 g/mol. The molecule has 0 saturated heterocycles. The summed E-state index contributed by atoms with van der Waals surface area (Å²) in [4.78, 5) is 14.9. The molecule has 1 aliphatic heterocycles. The number of aryl methyl sites for hydroxylation is 1. The summed E-state index contributed by atoms with van der Waals surface area (Å²) in [7, 11) is 0. The van der Waals surface area contributed by atoms with E-state index >= 15 is 0 Å². The fourth-order valence-corrected chi connectivity index (χ4v) is 3.58. The molecule has 1 amide bonds. The molecule has 0 N–H and O–H groups in total. The molecule has 1 heterocycles. The number of nitrogens with zero attached hydrogens (tertiary/aromatic N) is 1. The van der Waals surface area contributed by atoms with E-state index in [1.54, 1.807) is 0 Å². The van der Waals surface area contributed by atoms with Gasteiger partial charge in [0.1, 0.15) is 5.75 Å². The summed E-state index contributed by atoms with van der Waals surface area (Å²) in [5, 5.41) is 0. The topological polar surface area (TPSA) is 29.5 Å². The normalized spacial score (nSPS) is 16.0. The van der Waals surface area contributed by atoms with Gasteiger partial charge in [-0.2, -0.15) is 0 Å². The zero-order valence-corrected chi connectivity index (χ0v) is 15.7. The van der Waals surface area contributed by atoms with Gasteiger partial charge in [-0.25, -0.2) is 0 Å². The molecule has 0 radical (unpaired) electrons. The molecule has 1 unspecified atom stereocenters. The van der Waals surface area contributed by atoms with Crippen molar-refractivity contribution in [3.63, 3.8) is 0 Å². The Hall–Kier alpha value is -3.07. The predicted octanol–water partition coefficient (Wildman–Crippen LogP) is 5.37. The van der Waals surface area contributed by atoms with E-state index in [9.17, 15) is 4.79 Å². The summed E-state index contributed by atoms with van der Waals surface area (Å²) < 4.78 is 5.97. The number of ether oxygens (including phenoxy) is 1. The first-order valence-corrected chi connectivity index (χ1v) is 9.39. The lowest BCUT2D eigenvalue weighted by molar-refractivity contribution is -0.126. The lowest BCUT2D eigenvalue weighted by Gasteiger charge is -2.34. The molecule has 3 aromatic carbocycles. The first kappa shape index (κ1) is 17.3. The standard InChI is InChI=1S/C24H23NO2/c1-3-22-24(26)25(21-14-13-17(2)15-23(21)27-22)16-19-11-7-8-12-20(19)18-9-5-4-6-10-18/h4-15,22H,3,16H2,1-2H3. The molecule has 3 heteroatoms. The number of hydrogen-bond donors (Lipinski definition) is 0. The number of fused-ring (bicyclic) bond motifs is 1. The molecule has 1 aliphatic rings. The molecule has 0 spiro atoms. The minimum Gasteiger partial charge on any atom is -0.478 e. The van der Waals surface area contributed by atoms with Crippen molar-refractivity contribution in [1.29, 1.82) is 0 Å². The molecule has 3 aromatic rings. The van der Waals surface area contributed by atoms with Gasteiger partial charge in [0.25, 0.3) is 5.91 Å². The Morgan fingerprint density at radius 2 is 1.70 bits per heavy atom. The van der Waals surface area contributed by atoms with Crippen molar-refractivity contribution in [3.05, 3.63) is 83.9 Å². The van der Waals surface area contributed by atoms with Crippen LogP contribution in [0.2, 0.25) is 0 Å². The first-order chi connectivity index (χ1) is 13.2. The zero-order valence-electron chi connectivity index (χ0n) is 15.7. The van der Waals surface area contributed by atoms with Gasteiger partial charge in [-0.1, -0.05) is 67.6 Å². The van der Waals surface area contributed by atoms with Gasteiger partial charge in [0.15, 0.2) is 6.10 Å². The number of anilines is 1. The highest BCUT2D eigenvalue weighted by Gasteiger charge is 2.33. The van der Waals surface area contributed by atoms with E-state index in [1.165, 1.54) is 0 Å². The lowest BCUT2D eigenvalue weighted by atomic mass is 9.98. The van der Waals surface area contributed by atoms with Gasteiger partial charge in [0, 0.05) is 0 Å². The Bertz CT molecular complexity index is 965. The van der Waals surface area contributed by atoms with Crippen LogP contribution in [0.15, 0.2) is 72.8 Å². The average Bonchev–Trinajstić information content (AvgIpc) is 2.71. The third kappa shape index (κ3) is 3.33. The van der Waals surface area contributed by atoms with E-state index in [-0.39, 0.29) is 5.91 Å². The first-order valence-electron chi connectivity index (χ1n) is 9.39. The SMILES string of the molecule is CCC1Oc2cc(C)ccc2N(Cc2ccccc2-c2ccccc2)C1=O. The number of hydrogen-bond acceptors (Lipinski definition) is 2. The van der Waals surface area contributed by atoms with Gasteiger partial charge >= 0.3 is 0 Å². The molecule has 0 aromatic heterocycles. The van der Waals surface area contributed by atoms with Crippen LogP contribution in [-0.2, 0) is 11.3 Å². The summed E-state index contributed by atoms with van der Waals surface area (Å²) in [6.45, 7) is 4.55. The van der Waals surface area contributed by atoms with Crippen LogP contribution in [0.5, 0.6) is 5.75 Å². The Morgan fingerprint density at radius 1 is 0.963 bits per heavy atom. The van der Waals surface area contributed by atoms with Crippen LogP contribution < -0.4 is 9.64 Å². The van der Waals surface area contributed by atoms with Crippen LogP contribution in [0.3, 0.4) is 0 Å². The van der Waals surface area contributed by atoms with Gasteiger partial charge in [-0.3, -0.25) is 4.79 Å². The summed E-state index contributed by atoms with van der Waals surface area (Å²) >= 11 is 0. The highest BCUT2D eigenvalue weighted by Crippen LogP contribution is 2.37. The summed E-state index contributed by atoms with van der Waals surface area (Å²) in [6, 6.07) is 24.6. The van der Waals surface area contributed by atoms with Crippen molar-refractivity contribution in [2.45, 2.75) is 32.9 Å². The second kappa shape index (κ2) is 7.28. The highest BCUT2D eigenvalue weighted by molar-refractivity contribution is 6.00. The Morgan fingerprint density at radius 3 is 2.48 bits per heavy atom. The van der Waals surface area contributed by atoms with Gasteiger partial charge in [-0.05, 0) is 47.7 Å². The minimum absolute atomic E-state index is 0.0247. The van der Waals surface area contributed by atoms with E-state index in [2.05, 4.69) is 24.3 Å². The molecular formula is C24H23NO2. The number of amides is 1.